The van der Waals surface area contributed by atoms with E-state index in [0.29, 0.717) is 6.54 Å². The topological polar surface area (TPSA) is 30.7 Å². The fourth-order valence-corrected chi connectivity index (χ4v) is 2.94. The third-order valence-corrected chi connectivity index (χ3v) is 4.21. The Bertz CT molecular complexity index is 795. The van der Waals surface area contributed by atoms with Gasteiger partial charge in [0.15, 0.2) is 0 Å². The van der Waals surface area contributed by atoms with Gasteiger partial charge in [0.2, 0.25) is 0 Å². The summed E-state index contributed by atoms with van der Waals surface area (Å²) in [5, 5.41) is -0.153. The third-order valence-electron chi connectivity index (χ3n) is 3.52. The largest absolute Gasteiger partial charge is 0.321 e. The monoisotopic (exact) mass is 363 g/mol. The van der Waals surface area contributed by atoms with Crippen LogP contribution in [0, 0.1) is 6.92 Å². The van der Waals surface area contributed by atoms with Crippen LogP contribution in [0.25, 0.3) is 11.0 Å². The Morgan fingerprint density at radius 1 is 1.33 bits per heavy atom. The molecule has 0 saturated heterocycles. The molecule has 3 aromatic rings. The molecule has 108 valence electrons. The second kappa shape index (κ2) is 5.78. The minimum absolute atomic E-state index is 0.153. The first-order valence-electron chi connectivity index (χ1n) is 6.76. The molecule has 2 aromatic heterocycles. The molecule has 0 aliphatic carbocycles. The van der Waals surface area contributed by atoms with Crippen LogP contribution in [0.5, 0.6) is 0 Å². The van der Waals surface area contributed by atoms with E-state index >= 15 is 0 Å². The van der Waals surface area contributed by atoms with Crippen molar-refractivity contribution in [3.63, 3.8) is 0 Å². The number of imidazole rings is 1. The predicted molar refractivity (Wildman–Crippen MR) is 89.8 cm³/mol. The lowest BCUT2D eigenvalue weighted by atomic mass is 10.2. The molecule has 0 aliphatic heterocycles. The van der Waals surface area contributed by atoms with Crippen LogP contribution in [-0.2, 0) is 6.54 Å². The molecule has 1 aromatic carbocycles. The average Bonchev–Trinajstić information content (AvgIpc) is 2.79. The molecule has 0 saturated carbocycles. The Hall–Kier alpha value is -1.39. The summed E-state index contributed by atoms with van der Waals surface area (Å²) in [6, 6.07) is 10.1. The molecule has 0 N–H and O–H groups in total. The molecule has 1 unspecified atom stereocenters. The van der Waals surface area contributed by atoms with Crippen molar-refractivity contribution in [3.05, 3.63) is 58.1 Å². The average molecular weight is 365 g/mol. The smallest absolute Gasteiger partial charge is 0.128 e. The number of fused-ring (bicyclic) bond motifs is 1. The van der Waals surface area contributed by atoms with Crippen molar-refractivity contribution in [1.29, 1.82) is 0 Å². The normalized spacial score (nSPS) is 12.8. The highest BCUT2D eigenvalue weighted by Gasteiger charge is 2.16. The van der Waals surface area contributed by atoms with Crippen molar-refractivity contribution < 1.29 is 0 Å². The molecule has 3 rings (SSSR count). The number of rotatable bonds is 3. The van der Waals surface area contributed by atoms with Gasteiger partial charge in [-0.2, -0.15) is 0 Å². The van der Waals surface area contributed by atoms with Crippen LogP contribution < -0.4 is 0 Å². The van der Waals surface area contributed by atoms with Crippen molar-refractivity contribution in [2.24, 2.45) is 0 Å². The molecular weight excluding hydrogens is 350 g/mol. The number of halogens is 2. The number of benzene rings is 1. The highest BCUT2D eigenvalue weighted by Crippen LogP contribution is 2.27. The fourth-order valence-electron chi connectivity index (χ4n) is 2.43. The fraction of sp³-hybridized carbons (Fsp3) is 0.250. The number of aromatic nitrogens is 3. The molecule has 0 fully saturated rings. The van der Waals surface area contributed by atoms with E-state index in [-0.39, 0.29) is 5.38 Å². The van der Waals surface area contributed by atoms with Crippen LogP contribution in [0.3, 0.4) is 0 Å². The van der Waals surface area contributed by atoms with Crippen molar-refractivity contribution in [2.45, 2.75) is 25.8 Å². The zero-order chi connectivity index (χ0) is 15.0. The lowest BCUT2D eigenvalue weighted by Gasteiger charge is -2.11. The maximum atomic E-state index is 6.31. The van der Waals surface area contributed by atoms with Gasteiger partial charge in [-0.25, -0.2) is 4.98 Å². The van der Waals surface area contributed by atoms with Gasteiger partial charge in [0, 0.05) is 10.7 Å². The molecule has 3 nitrogen and oxygen atoms in total. The molecule has 5 heteroatoms. The van der Waals surface area contributed by atoms with Crippen molar-refractivity contribution in [2.75, 3.05) is 0 Å². The number of hydrogen-bond acceptors (Lipinski definition) is 2. The summed E-state index contributed by atoms with van der Waals surface area (Å²) in [6.07, 6.45) is 1.82. The Morgan fingerprint density at radius 2 is 2.14 bits per heavy atom. The number of nitrogens with zero attached hydrogens (tertiary/aromatic N) is 3. The molecule has 0 bridgehead atoms. The maximum Gasteiger partial charge on any atom is 0.128 e. The maximum absolute atomic E-state index is 6.31. The third kappa shape index (κ3) is 2.83. The second-order valence-electron chi connectivity index (χ2n) is 5.07. The van der Waals surface area contributed by atoms with Gasteiger partial charge in [-0.3, -0.25) is 4.98 Å². The molecule has 0 spiro atoms. The summed E-state index contributed by atoms with van der Waals surface area (Å²) in [5.41, 5.74) is 4.23. The quantitative estimate of drug-likeness (QED) is 0.622. The van der Waals surface area contributed by atoms with Crippen LogP contribution in [0.4, 0.5) is 0 Å². The Morgan fingerprint density at radius 3 is 2.86 bits per heavy atom. The molecular formula is C16H15BrClN3. The summed E-state index contributed by atoms with van der Waals surface area (Å²) in [5.74, 6) is 0.870. The first-order chi connectivity index (χ1) is 10.1. The Balaban J connectivity index is 2.16. The molecule has 0 amide bonds. The molecule has 1 atom stereocenters. The zero-order valence-electron chi connectivity index (χ0n) is 11.8. The first kappa shape index (κ1) is 14.5. The van der Waals surface area contributed by atoms with Gasteiger partial charge >= 0.3 is 0 Å². The number of pyridine rings is 1. The van der Waals surface area contributed by atoms with Gasteiger partial charge in [0.25, 0.3) is 0 Å². The van der Waals surface area contributed by atoms with Gasteiger partial charge in [0.05, 0.1) is 28.6 Å². The van der Waals surface area contributed by atoms with Crippen LogP contribution in [0.15, 0.2) is 41.0 Å². The standard InChI is InChI=1S/C16H15BrClN3/c1-10-4-3-7-19-14(10)9-21-15-6-5-12(17)8-13(15)20-16(21)11(2)18/h3-8,11H,9H2,1-2H3. The van der Waals surface area contributed by atoms with Gasteiger partial charge in [-0.1, -0.05) is 22.0 Å². The van der Waals surface area contributed by atoms with Crippen LogP contribution >= 0.6 is 27.5 Å². The van der Waals surface area contributed by atoms with Crippen molar-refractivity contribution in [1.82, 2.24) is 14.5 Å². The van der Waals surface area contributed by atoms with E-state index in [4.69, 9.17) is 11.6 Å². The lowest BCUT2D eigenvalue weighted by Crippen LogP contribution is -2.08. The zero-order valence-corrected chi connectivity index (χ0v) is 14.2. The van der Waals surface area contributed by atoms with Gasteiger partial charge in [0.1, 0.15) is 5.82 Å². The van der Waals surface area contributed by atoms with E-state index < -0.39 is 0 Å². The molecule has 2 heterocycles. The highest BCUT2D eigenvalue weighted by atomic mass is 79.9. The van der Waals surface area contributed by atoms with Crippen molar-refractivity contribution >= 4 is 38.6 Å². The van der Waals surface area contributed by atoms with E-state index in [1.165, 1.54) is 5.56 Å². The summed E-state index contributed by atoms with van der Waals surface area (Å²) in [7, 11) is 0. The van der Waals surface area contributed by atoms with E-state index in [1.54, 1.807) is 0 Å². The highest BCUT2D eigenvalue weighted by molar-refractivity contribution is 9.10. The van der Waals surface area contributed by atoms with Crippen molar-refractivity contribution in [3.8, 4) is 0 Å². The minimum atomic E-state index is -0.153. The second-order valence-corrected chi connectivity index (χ2v) is 6.64. The molecule has 0 aliphatic rings. The van der Waals surface area contributed by atoms with Gasteiger partial charge in [-0.05, 0) is 43.7 Å². The minimum Gasteiger partial charge on any atom is -0.321 e. The van der Waals surface area contributed by atoms with Crippen LogP contribution in [-0.4, -0.2) is 14.5 Å². The SMILES string of the molecule is Cc1cccnc1Cn1c(C(C)Cl)nc2cc(Br)ccc21. The number of alkyl halides is 1. The number of hydrogen-bond donors (Lipinski definition) is 0. The number of aryl methyl sites for hydroxylation is 1. The predicted octanol–water partition coefficient (Wildman–Crippen LogP) is 4.85. The summed E-state index contributed by atoms with van der Waals surface area (Å²) < 4.78 is 3.16. The Labute approximate surface area is 137 Å². The summed E-state index contributed by atoms with van der Waals surface area (Å²) >= 11 is 9.80. The van der Waals surface area contributed by atoms with Gasteiger partial charge < -0.3 is 4.57 Å². The van der Waals surface area contributed by atoms with Gasteiger partial charge in [-0.15, -0.1) is 11.6 Å². The van der Waals surface area contributed by atoms with E-state index in [9.17, 15) is 0 Å². The van der Waals surface area contributed by atoms with Crippen LogP contribution in [0.1, 0.15) is 29.4 Å². The molecule has 0 radical (unpaired) electrons. The van der Waals surface area contributed by atoms with E-state index in [0.717, 1.165) is 27.0 Å². The first-order valence-corrected chi connectivity index (χ1v) is 7.99. The van der Waals surface area contributed by atoms with E-state index in [1.807, 2.05) is 31.3 Å². The van der Waals surface area contributed by atoms with E-state index in [2.05, 4.69) is 49.5 Å². The van der Waals surface area contributed by atoms with Crippen LogP contribution in [0.2, 0.25) is 0 Å². The molecule has 21 heavy (non-hydrogen) atoms. The lowest BCUT2D eigenvalue weighted by molar-refractivity contribution is 0.723. The summed E-state index contributed by atoms with van der Waals surface area (Å²) in [4.78, 5) is 9.15. The summed E-state index contributed by atoms with van der Waals surface area (Å²) in [6.45, 7) is 4.69. The Kier molecular flexibility index (Phi) is 4.00.